The molecule has 0 saturated heterocycles. The highest BCUT2D eigenvalue weighted by atomic mass is 16.4. The highest BCUT2D eigenvalue weighted by Crippen LogP contribution is 2.02. The minimum atomic E-state index is -0.803. The van der Waals surface area contributed by atoms with E-state index in [2.05, 4.69) is 10.9 Å². The van der Waals surface area contributed by atoms with Gasteiger partial charge < -0.3 is 10.5 Å². The number of carbonyl (C=O) groups is 1. The zero-order valence-corrected chi connectivity index (χ0v) is 7.16. The predicted octanol–water partition coefficient (Wildman–Crippen LogP) is 1.08. The second kappa shape index (κ2) is 5.16. The van der Waals surface area contributed by atoms with E-state index >= 15 is 0 Å². The number of carboxylic acids is 1. The lowest BCUT2D eigenvalue weighted by Gasteiger charge is -2.05. The van der Waals surface area contributed by atoms with Gasteiger partial charge in [-0.1, -0.05) is 18.2 Å². The Kier molecular flexibility index (Phi) is 3.78. The van der Waals surface area contributed by atoms with Gasteiger partial charge in [-0.2, -0.15) is 0 Å². The van der Waals surface area contributed by atoms with Gasteiger partial charge in [-0.15, -0.1) is 0 Å². The van der Waals surface area contributed by atoms with Gasteiger partial charge in [0.15, 0.2) is 0 Å². The number of aliphatic carboxylic acids is 1. The molecule has 0 aliphatic rings. The number of hydrogen-bond donors (Lipinski definition) is 3. The fourth-order valence-electron chi connectivity index (χ4n) is 0.855. The van der Waals surface area contributed by atoms with Crippen LogP contribution in [0.1, 0.15) is 6.42 Å². The second-order valence-corrected chi connectivity index (χ2v) is 2.56. The first kappa shape index (κ1) is 9.54. The highest BCUT2D eigenvalue weighted by Gasteiger charge is 1.94. The molecule has 1 aromatic carbocycles. The molecule has 0 unspecified atom stereocenters. The Morgan fingerprint density at radius 1 is 1.31 bits per heavy atom. The van der Waals surface area contributed by atoms with Crippen molar-refractivity contribution in [2.24, 2.45) is 0 Å². The molecular formula is C9H12N2O2. The molecule has 0 fully saturated rings. The second-order valence-electron chi connectivity index (χ2n) is 2.56. The van der Waals surface area contributed by atoms with Crippen molar-refractivity contribution in [1.29, 1.82) is 0 Å². The van der Waals surface area contributed by atoms with Crippen molar-refractivity contribution in [2.75, 3.05) is 12.0 Å². The molecule has 0 saturated carbocycles. The molecule has 3 N–H and O–H groups in total. The number of rotatable bonds is 5. The molecule has 0 aromatic heterocycles. The summed E-state index contributed by atoms with van der Waals surface area (Å²) in [6.07, 6.45) is 0.111. The predicted molar refractivity (Wildman–Crippen MR) is 50.3 cm³/mol. The molecule has 4 nitrogen and oxygen atoms in total. The standard InChI is InChI=1S/C9H12N2O2/c12-9(13)6-7-10-11-8-4-2-1-3-5-8/h1-5,10-11H,6-7H2,(H,12,13). The molecule has 0 amide bonds. The Bertz CT molecular complexity index is 262. The normalized spacial score (nSPS) is 9.54. The van der Waals surface area contributed by atoms with E-state index < -0.39 is 5.97 Å². The van der Waals surface area contributed by atoms with Crippen LogP contribution in [0.4, 0.5) is 5.69 Å². The van der Waals surface area contributed by atoms with Crippen molar-refractivity contribution in [3.8, 4) is 0 Å². The lowest BCUT2D eigenvalue weighted by Crippen LogP contribution is -2.24. The molecule has 4 heteroatoms. The van der Waals surface area contributed by atoms with Crippen LogP contribution >= 0.6 is 0 Å². The molecule has 0 radical (unpaired) electrons. The maximum absolute atomic E-state index is 10.1. The lowest BCUT2D eigenvalue weighted by atomic mass is 10.3. The molecule has 0 bridgehead atoms. The van der Waals surface area contributed by atoms with Crippen molar-refractivity contribution in [3.05, 3.63) is 30.3 Å². The summed E-state index contributed by atoms with van der Waals surface area (Å²) >= 11 is 0. The fourth-order valence-corrected chi connectivity index (χ4v) is 0.855. The van der Waals surface area contributed by atoms with Gasteiger partial charge in [0.2, 0.25) is 0 Å². The van der Waals surface area contributed by atoms with E-state index in [1.165, 1.54) is 0 Å². The summed E-state index contributed by atoms with van der Waals surface area (Å²) < 4.78 is 0. The molecule has 0 atom stereocenters. The van der Waals surface area contributed by atoms with E-state index in [0.717, 1.165) is 5.69 Å². The summed E-state index contributed by atoms with van der Waals surface area (Å²) in [6, 6.07) is 9.52. The van der Waals surface area contributed by atoms with Crippen molar-refractivity contribution >= 4 is 11.7 Å². The number of hydrazine groups is 1. The van der Waals surface area contributed by atoms with E-state index in [1.807, 2.05) is 30.3 Å². The number of nitrogens with one attached hydrogen (secondary N) is 2. The molecule has 1 aromatic rings. The molecule has 13 heavy (non-hydrogen) atoms. The first-order valence-corrected chi connectivity index (χ1v) is 4.05. The summed E-state index contributed by atoms with van der Waals surface area (Å²) in [5.74, 6) is -0.803. The van der Waals surface area contributed by atoms with Crippen molar-refractivity contribution in [3.63, 3.8) is 0 Å². The molecule has 0 heterocycles. The number of hydrogen-bond acceptors (Lipinski definition) is 3. The average Bonchev–Trinajstić information content (AvgIpc) is 2.14. The lowest BCUT2D eigenvalue weighted by molar-refractivity contribution is -0.136. The van der Waals surface area contributed by atoms with Crippen molar-refractivity contribution in [2.45, 2.75) is 6.42 Å². The largest absolute Gasteiger partial charge is 0.481 e. The van der Waals surface area contributed by atoms with E-state index in [9.17, 15) is 4.79 Å². The SMILES string of the molecule is O=C(O)CCNNc1ccccc1. The number of benzene rings is 1. The van der Waals surface area contributed by atoms with Gasteiger partial charge in [-0.3, -0.25) is 4.79 Å². The summed E-state index contributed by atoms with van der Waals surface area (Å²) in [7, 11) is 0. The quantitative estimate of drug-likeness (QED) is 0.468. The maximum atomic E-state index is 10.1. The maximum Gasteiger partial charge on any atom is 0.304 e. The zero-order chi connectivity index (χ0) is 9.52. The zero-order valence-electron chi connectivity index (χ0n) is 7.16. The minimum Gasteiger partial charge on any atom is -0.481 e. The molecule has 0 aliphatic heterocycles. The first-order chi connectivity index (χ1) is 6.29. The third-order valence-corrected chi connectivity index (χ3v) is 1.47. The number of para-hydroxylation sites is 1. The molecule has 0 aliphatic carbocycles. The third kappa shape index (κ3) is 4.12. The topological polar surface area (TPSA) is 61.4 Å². The van der Waals surface area contributed by atoms with Crippen LogP contribution < -0.4 is 10.9 Å². The molecule has 0 spiro atoms. The van der Waals surface area contributed by atoms with Crippen molar-refractivity contribution in [1.82, 2.24) is 5.43 Å². The molecule has 1 rings (SSSR count). The Labute approximate surface area is 76.6 Å². The van der Waals surface area contributed by atoms with Crippen LogP contribution in [0, 0.1) is 0 Å². The van der Waals surface area contributed by atoms with Crippen molar-refractivity contribution < 1.29 is 9.90 Å². The van der Waals surface area contributed by atoms with Gasteiger partial charge >= 0.3 is 5.97 Å². The van der Waals surface area contributed by atoms with Crippen LogP contribution in [0.2, 0.25) is 0 Å². The Balaban J connectivity index is 2.17. The Hall–Kier alpha value is -1.55. The summed E-state index contributed by atoms with van der Waals surface area (Å²) in [6.45, 7) is 0.407. The highest BCUT2D eigenvalue weighted by molar-refractivity contribution is 5.66. The van der Waals surface area contributed by atoms with E-state index in [0.29, 0.717) is 6.54 Å². The monoisotopic (exact) mass is 180 g/mol. The van der Waals surface area contributed by atoms with Gasteiger partial charge in [-0.05, 0) is 12.1 Å². The van der Waals surface area contributed by atoms with Crippen LogP contribution in [0.5, 0.6) is 0 Å². The van der Waals surface area contributed by atoms with Crippen LogP contribution in [-0.4, -0.2) is 17.6 Å². The Morgan fingerprint density at radius 2 is 2.00 bits per heavy atom. The smallest absolute Gasteiger partial charge is 0.304 e. The van der Waals surface area contributed by atoms with Crippen LogP contribution in [0.15, 0.2) is 30.3 Å². The van der Waals surface area contributed by atoms with Crippen LogP contribution in [0.3, 0.4) is 0 Å². The van der Waals surface area contributed by atoms with Gasteiger partial charge in [0, 0.05) is 12.2 Å². The first-order valence-electron chi connectivity index (χ1n) is 4.05. The average molecular weight is 180 g/mol. The number of carboxylic acid groups (broad SMARTS) is 1. The van der Waals surface area contributed by atoms with E-state index in [1.54, 1.807) is 0 Å². The fraction of sp³-hybridized carbons (Fsp3) is 0.222. The summed E-state index contributed by atoms with van der Waals surface area (Å²) in [5, 5.41) is 8.34. The molecule has 70 valence electrons. The van der Waals surface area contributed by atoms with Gasteiger partial charge in [-0.25, -0.2) is 5.43 Å². The minimum absolute atomic E-state index is 0.111. The van der Waals surface area contributed by atoms with Gasteiger partial charge in [0.05, 0.1) is 6.42 Å². The van der Waals surface area contributed by atoms with Crippen LogP contribution in [0.25, 0.3) is 0 Å². The third-order valence-electron chi connectivity index (χ3n) is 1.47. The molecular weight excluding hydrogens is 168 g/mol. The van der Waals surface area contributed by atoms with E-state index in [-0.39, 0.29) is 6.42 Å². The van der Waals surface area contributed by atoms with Gasteiger partial charge in [0.25, 0.3) is 0 Å². The van der Waals surface area contributed by atoms with Crippen LogP contribution in [-0.2, 0) is 4.79 Å². The summed E-state index contributed by atoms with van der Waals surface area (Å²) in [5.41, 5.74) is 6.61. The van der Waals surface area contributed by atoms with E-state index in [4.69, 9.17) is 5.11 Å². The number of anilines is 1. The Morgan fingerprint density at radius 3 is 2.62 bits per heavy atom. The summed E-state index contributed by atoms with van der Waals surface area (Å²) in [4.78, 5) is 10.1. The van der Waals surface area contributed by atoms with Gasteiger partial charge in [0.1, 0.15) is 0 Å².